The summed E-state index contributed by atoms with van der Waals surface area (Å²) in [7, 11) is 1.29. The van der Waals surface area contributed by atoms with Crippen molar-refractivity contribution in [2.24, 2.45) is 0 Å². The maximum atomic E-state index is 11.2. The van der Waals surface area contributed by atoms with Crippen LogP contribution < -0.4 is 5.32 Å². The number of hydrogen-bond donors (Lipinski definition) is 1. The number of esters is 1. The third kappa shape index (κ3) is 4.74. The highest BCUT2D eigenvalue weighted by Gasteiger charge is 2.08. The summed E-state index contributed by atoms with van der Waals surface area (Å²) in [5, 5.41) is 3.07. The average molecular weight is 251 g/mol. The molecule has 0 aliphatic heterocycles. The summed E-state index contributed by atoms with van der Waals surface area (Å²) in [6.45, 7) is 0.726. The molecule has 0 amide bonds. The molecular formula is C11H13N3O2S. The third-order valence-corrected chi connectivity index (χ3v) is 2.63. The minimum Gasteiger partial charge on any atom is -0.463 e. The number of aromatic nitrogens is 2. The second-order valence-corrected chi connectivity index (χ2v) is 4.05. The molecule has 0 aromatic carbocycles. The van der Waals surface area contributed by atoms with Gasteiger partial charge in [0.25, 0.3) is 0 Å². The first-order chi connectivity index (χ1) is 8.27. The van der Waals surface area contributed by atoms with E-state index in [9.17, 15) is 4.79 Å². The smallest absolute Gasteiger partial charge is 0.376 e. The average Bonchev–Trinajstić information content (AvgIpc) is 2.38. The highest BCUT2D eigenvalue weighted by molar-refractivity contribution is 7.99. The standard InChI is InChI=1S/C11H13N3O2S/c1-3-7-17-8-6-12-9-4-5-13-10(14-9)11(15)16-2/h1,4-5H,6-8H2,2H3,(H,12,13,14). The molecule has 90 valence electrons. The molecule has 17 heavy (non-hydrogen) atoms. The van der Waals surface area contributed by atoms with Crippen LogP contribution in [0.5, 0.6) is 0 Å². The molecule has 0 spiro atoms. The molecule has 0 aliphatic rings. The van der Waals surface area contributed by atoms with Gasteiger partial charge in [0.05, 0.1) is 12.9 Å². The molecule has 0 unspecified atom stereocenters. The lowest BCUT2D eigenvalue weighted by molar-refractivity contribution is 0.0587. The van der Waals surface area contributed by atoms with E-state index in [1.165, 1.54) is 13.3 Å². The van der Waals surface area contributed by atoms with Gasteiger partial charge in [-0.15, -0.1) is 18.2 Å². The first kappa shape index (κ1) is 13.3. The topological polar surface area (TPSA) is 64.1 Å². The van der Waals surface area contributed by atoms with E-state index in [2.05, 4.69) is 25.9 Å². The Balaban J connectivity index is 2.44. The van der Waals surface area contributed by atoms with Gasteiger partial charge in [-0.2, -0.15) is 0 Å². The highest BCUT2D eigenvalue weighted by Crippen LogP contribution is 2.04. The van der Waals surface area contributed by atoms with Crippen LogP contribution in [0.4, 0.5) is 5.82 Å². The fourth-order valence-electron chi connectivity index (χ4n) is 1.03. The molecule has 1 N–H and O–H groups in total. The minimum absolute atomic E-state index is 0.0498. The summed E-state index contributed by atoms with van der Waals surface area (Å²) >= 11 is 1.65. The number of nitrogens with one attached hydrogen (secondary N) is 1. The molecule has 0 fully saturated rings. The summed E-state index contributed by atoms with van der Waals surface area (Å²) in [6, 6.07) is 1.69. The molecular weight excluding hydrogens is 238 g/mol. The van der Waals surface area contributed by atoms with Gasteiger partial charge in [0.1, 0.15) is 5.82 Å². The largest absolute Gasteiger partial charge is 0.463 e. The maximum Gasteiger partial charge on any atom is 0.376 e. The normalized spacial score (nSPS) is 9.41. The van der Waals surface area contributed by atoms with Gasteiger partial charge in [0.15, 0.2) is 0 Å². The number of ether oxygens (including phenoxy) is 1. The molecule has 1 aromatic rings. The van der Waals surface area contributed by atoms with Crippen molar-refractivity contribution >= 4 is 23.5 Å². The van der Waals surface area contributed by atoms with E-state index in [4.69, 9.17) is 6.42 Å². The van der Waals surface area contributed by atoms with Crippen LogP contribution in [0.3, 0.4) is 0 Å². The number of terminal acetylenes is 1. The lowest BCUT2D eigenvalue weighted by Gasteiger charge is -2.05. The molecule has 6 heteroatoms. The lowest BCUT2D eigenvalue weighted by Crippen LogP contribution is -2.11. The summed E-state index contributed by atoms with van der Waals surface area (Å²) in [6.07, 6.45) is 6.64. The molecule has 1 heterocycles. The molecule has 0 saturated carbocycles. The van der Waals surface area contributed by atoms with Gasteiger partial charge in [-0.3, -0.25) is 0 Å². The van der Waals surface area contributed by atoms with Crippen molar-refractivity contribution in [2.75, 3.05) is 30.5 Å². The zero-order valence-electron chi connectivity index (χ0n) is 9.47. The van der Waals surface area contributed by atoms with E-state index in [1.54, 1.807) is 17.8 Å². The summed E-state index contributed by atoms with van der Waals surface area (Å²) in [5.74, 6) is 4.22. The van der Waals surface area contributed by atoms with Gasteiger partial charge < -0.3 is 10.1 Å². The van der Waals surface area contributed by atoms with Crippen molar-refractivity contribution in [2.45, 2.75) is 0 Å². The van der Waals surface area contributed by atoms with E-state index in [1.807, 2.05) is 0 Å². The second-order valence-electron chi connectivity index (χ2n) is 2.94. The van der Waals surface area contributed by atoms with E-state index in [0.29, 0.717) is 11.6 Å². The number of carbonyl (C=O) groups is 1. The summed E-state index contributed by atoms with van der Waals surface area (Å²) < 4.78 is 4.53. The van der Waals surface area contributed by atoms with Crippen molar-refractivity contribution in [1.82, 2.24) is 9.97 Å². The van der Waals surface area contributed by atoms with Gasteiger partial charge in [-0.05, 0) is 6.07 Å². The third-order valence-electron chi connectivity index (χ3n) is 1.76. The fraction of sp³-hybridized carbons (Fsp3) is 0.364. The Labute approximate surface area is 104 Å². The Morgan fingerprint density at radius 2 is 2.53 bits per heavy atom. The Kier molecular flexibility index (Phi) is 5.89. The SMILES string of the molecule is C#CCSCCNc1ccnc(C(=O)OC)n1. The van der Waals surface area contributed by atoms with Gasteiger partial charge in [-0.1, -0.05) is 5.92 Å². The van der Waals surface area contributed by atoms with Crippen molar-refractivity contribution in [1.29, 1.82) is 0 Å². The van der Waals surface area contributed by atoms with Crippen molar-refractivity contribution in [3.8, 4) is 12.3 Å². The Morgan fingerprint density at radius 3 is 3.24 bits per heavy atom. The van der Waals surface area contributed by atoms with E-state index in [0.717, 1.165) is 12.3 Å². The fourth-order valence-corrected chi connectivity index (χ4v) is 1.54. The molecule has 1 aromatic heterocycles. The Morgan fingerprint density at radius 1 is 1.71 bits per heavy atom. The zero-order chi connectivity index (χ0) is 12.5. The monoisotopic (exact) mass is 251 g/mol. The number of hydrogen-bond acceptors (Lipinski definition) is 6. The molecule has 5 nitrogen and oxygen atoms in total. The van der Waals surface area contributed by atoms with Crippen molar-refractivity contribution < 1.29 is 9.53 Å². The number of carbonyl (C=O) groups excluding carboxylic acids is 1. The Hall–Kier alpha value is -1.74. The molecule has 1 rings (SSSR count). The minimum atomic E-state index is -0.546. The van der Waals surface area contributed by atoms with Crippen LogP contribution in [0.15, 0.2) is 12.3 Å². The first-order valence-corrected chi connectivity index (χ1v) is 6.10. The summed E-state index contributed by atoms with van der Waals surface area (Å²) in [5.41, 5.74) is 0. The number of anilines is 1. The second kappa shape index (κ2) is 7.52. The van der Waals surface area contributed by atoms with Crippen LogP contribution in [-0.2, 0) is 4.74 Å². The maximum absolute atomic E-state index is 11.2. The molecule has 0 bridgehead atoms. The lowest BCUT2D eigenvalue weighted by atomic mass is 10.5. The van der Waals surface area contributed by atoms with Crippen LogP contribution in [0.2, 0.25) is 0 Å². The summed E-state index contributed by atoms with van der Waals surface area (Å²) in [4.78, 5) is 19.0. The van der Waals surface area contributed by atoms with Gasteiger partial charge >= 0.3 is 5.97 Å². The van der Waals surface area contributed by atoms with E-state index < -0.39 is 5.97 Å². The van der Waals surface area contributed by atoms with Crippen LogP contribution in [0.1, 0.15) is 10.6 Å². The number of thioether (sulfide) groups is 1. The molecule has 0 saturated heterocycles. The van der Waals surface area contributed by atoms with E-state index in [-0.39, 0.29) is 5.82 Å². The van der Waals surface area contributed by atoms with Gasteiger partial charge in [0.2, 0.25) is 5.82 Å². The first-order valence-electron chi connectivity index (χ1n) is 4.94. The molecule has 0 aliphatic carbocycles. The predicted molar refractivity (Wildman–Crippen MR) is 68.0 cm³/mol. The highest BCUT2D eigenvalue weighted by atomic mass is 32.2. The van der Waals surface area contributed by atoms with Crippen LogP contribution in [-0.4, -0.2) is 41.1 Å². The number of methoxy groups -OCH3 is 1. The number of rotatable bonds is 6. The predicted octanol–water partition coefficient (Wildman–Crippen LogP) is 1.04. The van der Waals surface area contributed by atoms with Gasteiger partial charge in [0, 0.05) is 18.5 Å². The van der Waals surface area contributed by atoms with E-state index >= 15 is 0 Å². The van der Waals surface area contributed by atoms with Gasteiger partial charge in [-0.25, -0.2) is 14.8 Å². The molecule has 0 atom stereocenters. The van der Waals surface area contributed by atoms with Crippen LogP contribution in [0.25, 0.3) is 0 Å². The van der Waals surface area contributed by atoms with Crippen LogP contribution >= 0.6 is 11.8 Å². The zero-order valence-corrected chi connectivity index (χ0v) is 10.3. The van der Waals surface area contributed by atoms with Crippen LogP contribution in [0, 0.1) is 12.3 Å². The van der Waals surface area contributed by atoms with Crippen molar-refractivity contribution in [3.05, 3.63) is 18.1 Å². The number of nitrogens with zero attached hydrogens (tertiary/aromatic N) is 2. The van der Waals surface area contributed by atoms with Crippen molar-refractivity contribution in [3.63, 3.8) is 0 Å². The molecule has 0 radical (unpaired) electrons. The quantitative estimate of drug-likeness (QED) is 0.463. The Bertz CT molecular complexity index is 417.